The summed E-state index contributed by atoms with van der Waals surface area (Å²) in [4.78, 5) is 158. The Morgan fingerprint density at radius 1 is 0.258 bits per heavy atom. The summed E-state index contributed by atoms with van der Waals surface area (Å²) in [6.45, 7) is 23.3. The van der Waals surface area contributed by atoms with E-state index in [1.54, 1.807) is 27.7 Å². The van der Waals surface area contributed by atoms with Gasteiger partial charge in [0.25, 0.3) is 0 Å². The van der Waals surface area contributed by atoms with Crippen LogP contribution in [0.3, 0.4) is 0 Å². The molecule has 0 heterocycles. The van der Waals surface area contributed by atoms with Crippen molar-refractivity contribution in [2.75, 3.05) is 26.2 Å². The second-order valence-corrected chi connectivity index (χ2v) is 28.1. The van der Waals surface area contributed by atoms with E-state index in [9.17, 15) is 62.6 Å². The minimum absolute atomic E-state index is 0.0139. The Labute approximate surface area is 578 Å². The van der Waals surface area contributed by atoms with Crippen LogP contribution < -0.4 is 87.2 Å². The molecule has 0 bridgehead atoms. The summed E-state index contributed by atoms with van der Waals surface area (Å²) in [5, 5.41) is 41.2. The molecular weight excluding hydrogens is 1250 g/mol. The van der Waals surface area contributed by atoms with E-state index in [-0.39, 0.29) is 130 Å². The third kappa shape index (κ3) is 46.4. The van der Waals surface area contributed by atoms with Gasteiger partial charge in [-0.05, 0) is 129 Å². The number of nitrogens with one attached hydrogen (secondary N) is 11. The first-order valence-electron chi connectivity index (χ1n) is 35.6. The zero-order valence-electron chi connectivity index (χ0n) is 60.8. The highest BCUT2D eigenvalue weighted by atomic mass is 16.4. The number of nitrogens with two attached hydrogens (primary N) is 5. The molecule has 0 aliphatic carbocycles. The molecule has 12 unspecified atom stereocenters. The van der Waals surface area contributed by atoms with Crippen molar-refractivity contribution in [1.82, 2.24) is 58.5 Å². The molecule has 560 valence electrons. The first-order chi connectivity index (χ1) is 45.6. The van der Waals surface area contributed by atoms with Gasteiger partial charge in [0.1, 0.15) is 0 Å². The van der Waals surface area contributed by atoms with Gasteiger partial charge in [-0.25, -0.2) is 0 Å². The van der Waals surface area contributed by atoms with Crippen LogP contribution in [0.2, 0.25) is 0 Å². The molecule has 12 atom stereocenters. The van der Waals surface area contributed by atoms with Crippen LogP contribution in [0, 0.1) is 23.7 Å². The molecule has 0 aromatic carbocycles. The molecule has 0 rings (SSSR count). The van der Waals surface area contributed by atoms with Gasteiger partial charge in [-0.3, -0.25) is 57.5 Å². The van der Waals surface area contributed by atoms with Gasteiger partial charge >= 0.3 is 5.97 Å². The van der Waals surface area contributed by atoms with Crippen molar-refractivity contribution in [3.63, 3.8) is 0 Å². The van der Waals surface area contributed by atoms with E-state index in [0.29, 0.717) is 90.4 Å². The van der Waals surface area contributed by atoms with Gasteiger partial charge in [0.15, 0.2) is 0 Å². The Balaban J connectivity index is 5.63. The fraction of sp³-hybridized carbons (Fsp3) is 0.824. The number of carboxylic acids is 1. The lowest BCUT2D eigenvalue weighted by molar-refractivity contribution is -0.138. The summed E-state index contributed by atoms with van der Waals surface area (Å²) in [6.07, 6.45) is 6.25. The van der Waals surface area contributed by atoms with Gasteiger partial charge in [-0.15, -0.1) is 0 Å². The van der Waals surface area contributed by atoms with Crippen molar-refractivity contribution in [2.24, 2.45) is 52.3 Å². The minimum atomic E-state index is -1.04. The average molecular weight is 1380 g/mol. The molecule has 0 saturated heterocycles. The van der Waals surface area contributed by atoms with Crippen LogP contribution in [0.1, 0.15) is 237 Å². The number of carbonyl (C=O) groups is 12. The first-order valence-corrected chi connectivity index (χ1v) is 35.6. The Morgan fingerprint density at radius 2 is 0.454 bits per heavy atom. The maximum absolute atomic E-state index is 13.7. The average Bonchev–Trinajstić information content (AvgIpc) is 1.07. The predicted octanol–water partition coefficient (Wildman–Crippen LogP) is 1.63. The van der Waals surface area contributed by atoms with E-state index in [2.05, 4.69) is 58.5 Å². The van der Waals surface area contributed by atoms with Gasteiger partial charge < -0.3 is 92.3 Å². The smallest absolute Gasteiger partial charge is 0.305 e. The van der Waals surface area contributed by atoms with Gasteiger partial charge in [0.2, 0.25) is 65.0 Å². The quantitative estimate of drug-likeness (QED) is 0.0385. The Kier molecular flexibility index (Phi) is 48.1. The largest absolute Gasteiger partial charge is 0.481 e. The molecule has 0 saturated carbocycles. The lowest BCUT2D eigenvalue weighted by Crippen LogP contribution is -2.48. The third-order valence-corrected chi connectivity index (χ3v) is 16.6. The second kappa shape index (κ2) is 51.6. The van der Waals surface area contributed by atoms with E-state index < -0.39 is 114 Å². The van der Waals surface area contributed by atoms with E-state index in [1.165, 1.54) is 0 Å². The Morgan fingerprint density at radius 3 is 0.649 bits per heavy atom. The van der Waals surface area contributed by atoms with E-state index in [4.69, 9.17) is 28.7 Å². The molecule has 0 aliphatic rings. The highest BCUT2D eigenvalue weighted by molar-refractivity contribution is 5.86. The molecule has 29 heteroatoms. The maximum atomic E-state index is 13.7. The van der Waals surface area contributed by atoms with E-state index in [1.807, 2.05) is 55.4 Å². The summed E-state index contributed by atoms with van der Waals surface area (Å²) >= 11 is 0. The van der Waals surface area contributed by atoms with Crippen molar-refractivity contribution >= 4 is 70.9 Å². The van der Waals surface area contributed by atoms with Crippen molar-refractivity contribution in [3.05, 3.63) is 0 Å². The van der Waals surface area contributed by atoms with Crippen LogP contribution in [0.25, 0.3) is 0 Å². The zero-order valence-corrected chi connectivity index (χ0v) is 60.8. The number of hydrogen-bond donors (Lipinski definition) is 17. The SMILES string of the molecule is CC(N)CC(=O)NC(CCCCN)CC(=O)NC(CC(=O)NC(C)CC(=O)NC(CCCCN)CC(=O)NC(CC(=O)NC(C)CC(=O)NC(CCCCN)CC(=O)NC(CC(=O)NC(C)CC(=O)NC(CCCCN)CC(=O)NC(CC(=O)O)C(C)C)C(C)C)C(C)C)C(C)C. The molecule has 0 radical (unpaired) electrons. The number of hydrogen-bond acceptors (Lipinski definition) is 17. The highest BCUT2D eigenvalue weighted by Crippen LogP contribution is 2.16. The zero-order chi connectivity index (χ0) is 73.7. The third-order valence-electron chi connectivity index (χ3n) is 16.6. The second-order valence-electron chi connectivity index (χ2n) is 28.1. The van der Waals surface area contributed by atoms with E-state index in [0.717, 1.165) is 12.8 Å². The standard InChI is InChI=1S/C68H130N16O13/c1-41(2)53(81-61(89)33-49(21-13-17-25-69)77-57(85)29-45(9)73)37-65(93)74-46(10)30-58(86)78-50(22-14-18-26-70)34-62(90)82-54(42(3)4)38-66(94)75-47(11)31-59(87)79-51(23-15-19-27-71)35-63(91)83-55(43(5)6)39-67(95)76-48(12)32-60(88)80-52(24-16-20-28-72)36-64(92)84-56(44(7)8)40-68(96)97/h41-56H,13-40,69-73H2,1-12H3,(H,74,93)(H,75,94)(H,76,95)(H,77,85)(H,78,86)(H,79,87)(H,80,88)(H,81,89)(H,82,90)(H,83,91)(H,84,92)(H,96,97). The van der Waals surface area contributed by atoms with Crippen LogP contribution in [0.15, 0.2) is 0 Å². The summed E-state index contributed by atoms with van der Waals surface area (Å²) in [6, 6.07) is -6.70. The van der Waals surface area contributed by atoms with Gasteiger partial charge in [-0.2, -0.15) is 0 Å². The van der Waals surface area contributed by atoms with Crippen molar-refractivity contribution in [3.8, 4) is 0 Å². The Hall–Kier alpha value is -6.56. The normalized spacial score (nSPS) is 15.2. The predicted molar refractivity (Wildman–Crippen MR) is 376 cm³/mol. The molecular formula is C68H130N16O13. The first kappa shape index (κ1) is 90.4. The number of carbonyl (C=O) groups excluding carboxylic acids is 11. The molecule has 22 N–H and O–H groups in total. The van der Waals surface area contributed by atoms with Gasteiger partial charge in [0, 0.05) is 143 Å². The highest BCUT2D eigenvalue weighted by Gasteiger charge is 2.30. The Bertz CT molecular complexity index is 2380. The number of unbranched alkanes of at least 4 members (excludes halogenated alkanes) is 4. The van der Waals surface area contributed by atoms with Crippen LogP contribution >= 0.6 is 0 Å². The molecule has 29 nitrogen and oxygen atoms in total. The van der Waals surface area contributed by atoms with Crippen LogP contribution in [0.5, 0.6) is 0 Å². The van der Waals surface area contributed by atoms with Gasteiger partial charge in [0.05, 0.1) is 6.42 Å². The molecule has 0 fully saturated rings. The van der Waals surface area contributed by atoms with Crippen molar-refractivity contribution in [1.29, 1.82) is 0 Å². The monoisotopic (exact) mass is 1380 g/mol. The van der Waals surface area contributed by atoms with Crippen molar-refractivity contribution in [2.45, 2.75) is 310 Å². The summed E-state index contributed by atoms with van der Waals surface area (Å²) < 4.78 is 0. The van der Waals surface area contributed by atoms with Crippen LogP contribution in [-0.4, -0.2) is 175 Å². The molecule has 0 aromatic heterocycles. The topological polar surface area (TPSA) is 487 Å². The van der Waals surface area contributed by atoms with Crippen LogP contribution in [-0.2, 0) is 57.5 Å². The summed E-state index contributed by atoms with van der Waals surface area (Å²) in [7, 11) is 0. The van der Waals surface area contributed by atoms with E-state index >= 15 is 0 Å². The lowest BCUT2D eigenvalue weighted by atomic mass is 9.98. The fourth-order valence-corrected chi connectivity index (χ4v) is 11.0. The number of rotatable bonds is 55. The lowest BCUT2D eigenvalue weighted by Gasteiger charge is -2.26. The minimum Gasteiger partial charge on any atom is -0.481 e. The molecule has 11 amide bonds. The number of amides is 11. The summed E-state index contributed by atoms with van der Waals surface area (Å²) in [5.41, 5.74) is 28.7. The maximum Gasteiger partial charge on any atom is 0.305 e. The van der Waals surface area contributed by atoms with Crippen LogP contribution in [0.4, 0.5) is 0 Å². The van der Waals surface area contributed by atoms with Crippen molar-refractivity contribution < 1.29 is 62.6 Å². The fourth-order valence-electron chi connectivity index (χ4n) is 11.0. The molecule has 0 spiro atoms. The molecule has 0 aliphatic heterocycles. The molecule has 0 aromatic rings. The number of aliphatic carboxylic acids is 1. The molecule has 97 heavy (non-hydrogen) atoms. The number of carboxylic acid groups (broad SMARTS) is 1. The summed E-state index contributed by atoms with van der Waals surface area (Å²) in [5.74, 6) is -5.81. The van der Waals surface area contributed by atoms with Gasteiger partial charge in [-0.1, -0.05) is 81.1 Å².